The van der Waals surface area contributed by atoms with Gasteiger partial charge in [0.05, 0.1) is 13.7 Å². The molecule has 0 aromatic heterocycles. The van der Waals surface area contributed by atoms with Gasteiger partial charge in [-0.3, -0.25) is 9.59 Å². The third kappa shape index (κ3) is 3.68. The third-order valence-corrected chi connectivity index (χ3v) is 3.63. The van der Waals surface area contributed by atoms with E-state index in [2.05, 4.69) is 0 Å². The van der Waals surface area contributed by atoms with Crippen molar-refractivity contribution in [2.24, 2.45) is 0 Å². The number of hydrogen-bond acceptors (Lipinski definition) is 4. The van der Waals surface area contributed by atoms with Gasteiger partial charge < -0.3 is 14.5 Å². The van der Waals surface area contributed by atoms with E-state index in [1.54, 1.807) is 18.9 Å². The van der Waals surface area contributed by atoms with E-state index in [1.165, 1.54) is 18.9 Å². The highest BCUT2D eigenvalue weighted by Crippen LogP contribution is 2.27. The lowest BCUT2D eigenvalue weighted by Crippen LogP contribution is -2.54. The molecule has 1 aliphatic rings. The zero-order valence-corrected chi connectivity index (χ0v) is 12.0. The summed E-state index contributed by atoms with van der Waals surface area (Å²) in [4.78, 5) is 38.0. The Hall–Kier alpha value is -1.59. The van der Waals surface area contributed by atoms with Gasteiger partial charge in [0, 0.05) is 20.0 Å². The second-order valence-corrected chi connectivity index (χ2v) is 4.96. The van der Waals surface area contributed by atoms with E-state index in [0.717, 1.165) is 19.3 Å². The fourth-order valence-electron chi connectivity index (χ4n) is 2.08. The van der Waals surface area contributed by atoms with Gasteiger partial charge in [-0.15, -0.1) is 0 Å². The number of methoxy groups -OCH3 is 1. The van der Waals surface area contributed by atoms with E-state index in [-0.39, 0.29) is 24.4 Å². The molecule has 0 N–H and O–H groups in total. The van der Waals surface area contributed by atoms with Crippen molar-refractivity contribution >= 4 is 17.8 Å². The van der Waals surface area contributed by atoms with Crippen LogP contribution in [0.2, 0.25) is 0 Å². The number of rotatable bonds is 5. The Labute approximate surface area is 113 Å². The van der Waals surface area contributed by atoms with Crippen LogP contribution in [0, 0.1) is 0 Å². The maximum absolute atomic E-state index is 12.3. The second-order valence-electron chi connectivity index (χ2n) is 4.96. The van der Waals surface area contributed by atoms with Crippen LogP contribution in [0.5, 0.6) is 0 Å². The van der Waals surface area contributed by atoms with Gasteiger partial charge in [-0.25, -0.2) is 4.79 Å². The first kappa shape index (κ1) is 15.5. The number of nitrogens with zero attached hydrogens (tertiary/aromatic N) is 2. The van der Waals surface area contributed by atoms with Gasteiger partial charge in [-0.05, 0) is 26.2 Å². The molecule has 1 rings (SSSR count). The Morgan fingerprint density at radius 2 is 1.89 bits per heavy atom. The minimum Gasteiger partial charge on any atom is -0.467 e. The quantitative estimate of drug-likeness (QED) is 0.679. The minimum absolute atomic E-state index is 0.00678. The Morgan fingerprint density at radius 3 is 2.26 bits per heavy atom. The van der Waals surface area contributed by atoms with Gasteiger partial charge >= 0.3 is 5.97 Å². The first-order valence-corrected chi connectivity index (χ1v) is 6.49. The van der Waals surface area contributed by atoms with E-state index >= 15 is 0 Å². The van der Waals surface area contributed by atoms with Gasteiger partial charge in [0.1, 0.15) is 6.04 Å². The lowest BCUT2D eigenvalue weighted by atomic mass is 9.90. The number of hydrogen-bond donors (Lipinski definition) is 0. The van der Waals surface area contributed by atoms with Crippen LogP contribution in [0.15, 0.2) is 0 Å². The van der Waals surface area contributed by atoms with Gasteiger partial charge in [-0.2, -0.15) is 0 Å². The fraction of sp³-hybridized carbons (Fsp3) is 0.769. The molecule has 19 heavy (non-hydrogen) atoms. The molecule has 0 aromatic rings. The van der Waals surface area contributed by atoms with E-state index in [1.807, 2.05) is 0 Å². The molecule has 0 bridgehead atoms. The number of esters is 1. The first-order valence-electron chi connectivity index (χ1n) is 6.49. The molecule has 1 fully saturated rings. The van der Waals surface area contributed by atoms with E-state index in [0.29, 0.717) is 0 Å². The molecule has 1 aliphatic carbocycles. The molecule has 108 valence electrons. The summed E-state index contributed by atoms with van der Waals surface area (Å²) < 4.78 is 4.70. The summed E-state index contributed by atoms with van der Waals surface area (Å²) in [5.74, 6) is -0.807. The molecular formula is C13H22N2O4. The first-order chi connectivity index (χ1) is 8.88. The Morgan fingerprint density at radius 1 is 1.32 bits per heavy atom. The van der Waals surface area contributed by atoms with Crippen LogP contribution in [0.3, 0.4) is 0 Å². The molecule has 0 aliphatic heterocycles. The van der Waals surface area contributed by atoms with Crippen LogP contribution in [-0.4, -0.2) is 60.4 Å². The summed E-state index contributed by atoms with van der Waals surface area (Å²) in [7, 11) is 2.88. The zero-order chi connectivity index (χ0) is 14.6. The largest absolute Gasteiger partial charge is 0.467 e. The Bertz CT molecular complexity index is 366. The maximum atomic E-state index is 12.3. The predicted octanol–water partition coefficient (Wildman–Crippen LogP) is 0.407. The van der Waals surface area contributed by atoms with Gasteiger partial charge in [0.25, 0.3) is 0 Å². The molecule has 6 heteroatoms. The average molecular weight is 270 g/mol. The number of carbonyl (C=O) groups is 3. The lowest BCUT2D eigenvalue weighted by Gasteiger charge is -2.40. The van der Waals surface area contributed by atoms with Crippen molar-refractivity contribution in [2.75, 3.05) is 20.7 Å². The predicted molar refractivity (Wildman–Crippen MR) is 69.3 cm³/mol. The molecule has 6 nitrogen and oxygen atoms in total. The molecule has 0 spiro atoms. The average Bonchev–Trinajstić information content (AvgIpc) is 2.31. The summed E-state index contributed by atoms with van der Waals surface area (Å²) in [6.45, 7) is 3.06. The molecule has 0 saturated heterocycles. The fourth-order valence-corrected chi connectivity index (χ4v) is 2.08. The highest BCUT2D eigenvalue weighted by molar-refractivity contribution is 5.88. The summed E-state index contributed by atoms with van der Waals surface area (Å²) in [5.41, 5.74) is 0. The van der Waals surface area contributed by atoms with Crippen LogP contribution in [0.1, 0.15) is 33.1 Å². The van der Waals surface area contributed by atoms with Crippen LogP contribution in [0.4, 0.5) is 0 Å². The molecule has 1 unspecified atom stereocenters. The summed E-state index contributed by atoms with van der Waals surface area (Å²) in [5, 5.41) is 0. The second kappa shape index (κ2) is 6.54. The molecule has 2 amide bonds. The smallest absolute Gasteiger partial charge is 0.328 e. The van der Waals surface area contributed by atoms with Crippen molar-refractivity contribution in [1.29, 1.82) is 0 Å². The normalized spacial score (nSPS) is 16.2. The van der Waals surface area contributed by atoms with Crippen molar-refractivity contribution < 1.29 is 19.1 Å². The van der Waals surface area contributed by atoms with Crippen LogP contribution < -0.4 is 0 Å². The number of ether oxygens (including phenoxy) is 1. The standard InChI is InChI=1S/C13H22N2O4/c1-9(13(18)19-4)15(11-6-5-7-11)12(17)8-14(3)10(2)16/h9,11H,5-8H2,1-4H3. The molecule has 0 heterocycles. The van der Waals surface area contributed by atoms with E-state index in [9.17, 15) is 14.4 Å². The van der Waals surface area contributed by atoms with Crippen LogP contribution in [0.25, 0.3) is 0 Å². The minimum atomic E-state index is -0.608. The molecule has 1 atom stereocenters. The van der Waals surface area contributed by atoms with Gasteiger partial charge in [0.2, 0.25) is 11.8 Å². The third-order valence-electron chi connectivity index (χ3n) is 3.63. The van der Waals surface area contributed by atoms with Crippen LogP contribution in [-0.2, 0) is 19.1 Å². The Balaban J connectivity index is 2.76. The Kier molecular flexibility index (Phi) is 5.32. The zero-order valence-electron chi connectivity index (χ0n) is 12.0. The summed E-state index contributed by atoms with van der Waals surface area (Å²) in [6, 6.07) is -0.523. The summed E-state index contributed by atoms with van der Waals surface area (Å²) in [6.07, 6.45) is 2.86. The van der Waals surface area contributed by atoms with Gasteiger partial charge in [-0.1, -0.05) is 0 Å². The highest BCUT2D eigenvalue weighted by atomic mass is 16.5. The van der Waals surface area contributed by atoms with Crippen molar-refractivity contribution in [1.82, 2.24) is 9.80 Å². The number of carbonyl (C=O) groups excluding carboxylic acids is 3. The molecule has 0 radical (unpaired) electrons. The van der Waals surface area contributed by atoms with Crippen molar-refractivity contribution in [2.45, 2.75) is 45.2 Å². The molecule has 0 aromatic carbocycles. The van der Waals surface area contributed by atoms with E-state index in [4.69, 9.17) is 4.74 Å². The maximum Gasteiger partial charge on any atom is 0.328 e. The van der Waals surface area contributed by atoms with Crippen LogP contribution >= 0.6 is 0 Å². The summed E-state index contributed by atoms with van der Waals surface area (Å²) >= 11 is 0. The van der Waals surface area contributed by atoms with Crippen molar-refractivity contribution in [3.05, 3.63) is 0 Å². The van der Waals surface area contributed by atoms with Crippen molar-refractivity contribution in [3.8, 4) is 0 Å². The molecular weight excluding hydrogens is 248 g/mol. The molecule has 1 saturated carbocycles. The van der Waals surface area contributed by atoms with Crippen molar-refractivity contribution in [3.63, 3.8) is 0 Å². The van der Waals surface area contributed by atoms with Gasteiger partial charge in [0.15, 0.2) is 0 Å². The van der Waals surface area contributed by atoms with E-state index < -0.39 is 12.0 Å². The SMILES string of the molecule is COC(=O)C(C)N(C(=O)CN(C)C(C)=O)C1CCC1. The topological polar surface area (TPSA) is 66.9 Å². The monoisotopic (exact) mass is 270 g/mol. The number of amides is 2. The number of likely N-dealkylation sites (N-methyl/N-ethyl adjacent to an activating group) is 1. The lowest BCUT2D eigenvalue weighted by molar-refractivity contribution is -0.156. The highest BCUT2D eigenvalue weighted by Gasteiger charge is 2.36.